The summed E-state index contributed by atoms with van der Waals surface area (Å²) in [6, 6.07) is 2.04. The predicted molar refractivity (Wildman–Crippen MR) is 55.1 cm³/mol. The van der Waals surface area contributed by atoms with E-state index in [0.717, 1.165) is 6.42 Å². The van der Waals surface area contributed by atoms with Gasteiger partial charge in [-0.15, -0.1) is 0 Å². The Hall–Kier alpha value is -1.51. The van der Waals surface area contributed by atoms with Crippen molar-refractivity contribution in [1.82, 2.24) is 5.32 Å². The molecule has 1 N–H and O–H groups in total. The quantitative estimate of drug-likeness (QED) is 0.576. The van der Waals surface area contributed by atoms with Gasteiger partial charge in [-0.1, -0.05) is 6.92 Å². The molecule has 1 heterocycles. The van der Waals surface area contributed by atoms with Crippen LogP contribution in [0.15, 0.2) is 35.3 Å². The van der Waals surface area contributed by atoms with E-state index in [-0.39, 0.29) is 5.78 Å². The van der Waals surface area contributed by atoms with Crippen LogP contribution in [0.2, 0.25) is 0 Å². The molecule has 0 saturated heterocycles. The van der Waals surface area contributed by atoms with Crippen LogP contribution in [0.1, 0.15) is 30.6 Å². The van der Waals surface area contributed by atoms with E-state index in [4.69, 9.17) is 4.42 Å². The van der Waals surface area contributed by atoms with Crippen molar-refractivity contribution in [3.63, 3.8) is 0 Å². The summed E-state index contributed by atoms with van der Waals surface area (Å²) in [6.07, 6.45) is 7.16. The summed E-state index contributed by atoms with van der Waals surface area (Å²) in [5.41, 5.74) is 0.576. The summed E-state index contributed by atoms with van der Waals surface area (Å²) in [4.78, 5) is 11.4. The van der Waals surface area contributed by atoms with Crippen LogP contribution in [0.25, 0.3) is 0 Å². The van der Waals surface area contributed by atoms with Crippen LogP contribution >= 0.6 is 0 Å². The SMILES string of the molecule is CCC(C)N/C=C/C(=O)c1ccoc1. The zero-order valence-electron chi connectivity index (χ0n) is 8.49. The van der Waals surface area contributed by atoms with Gasteiger partial charge in [-0.25, -0.2) is 0 Å². The second kappa shape index (κ2) is 5.27. The Morgan fingerprint density at radius 3 is 3.07 bits per heavy atom. The molecule has 0 amide bonds. The van der Waals surface area contributed by atoms with E-state index in [1.165, 1.54) is 18.6 Å². The fourth-order valence-electron chi connectivity index (χ4n) is 0.907. The van der Waals surface area contributed by atoms with Gasteiger partial charge in [-0.2, -0.15) is 0 Å². The minimum absolute atomic E-state index is 0.0467. The van der Waals surface area contributed by atoms with Gasteiger partial charge in [0, 0.05) is 18.3 Å². The monoisotopic (exact) mass is 193 g/mol. The Balaban J connectivity index is 2.41. The summed E-state index contributed by atoms with van der Waals surface area (Å²) in [5, 5.41) is 3.09. The first-order chi connectivity index (χ1) is 6.74. The van der Waals surface area contributed by atoms with Gasteiger partial charge in [0.2, 0.25) is 0 Å². The van der Waals surface area contributed by atoms with E-state index in [2.05, 4.69) is 19.2 Å². The van der Waals surface area contributed by atoms with Crippen LogP contribution in [0.3, 0.4) is 0 Å². The highest BCUT2D eigenvalue weighted by molar-refractivity contribution is 6.04. The average molecular weight is 193 g/mol. The van der Waals surface area contributed by atoms with Crippen LogP contribution in [-0.4, -0.2) is 11.8 Å². The minimum atomic E-state index is -0.0467. The van der Waals surface area contributed by atoms with Gasteiger partial charge in [0.25, 0.3) is 0 Å². The van der Waals surface area contributed by atoms with Gasteiger partial charge in [0.15, 0.2) is 5.78 Å². The number of nitrogens with one attached hydrogen (secondary N) is 1. The van der Waals surface area contributed by atoms with Gasteiger partial charge in [0.05, 0.1) is 11.8 Å². The molecule has 1 unspecified atom stereocenters. The van der Waals surface area contributed by atoms with Gasteiger partial charge in [-0.05, 0) is 19.4 Å². The molecule has 1 atom stereocenters. The first-order valence-electron chi connectivity index (χ1n) is 4.73. The van der Waals surface area contributed by atoms with Crippen LogP contribution < -0.4 is 5.32 Å². The first-order valence-corrected chi connectivity index (χ1v) is 4.73. The van der Waals surface area contributed by atoms with Crippen molar-refractivity contribution in [1.29, 1.82) is 0 Å². The number of carbonyl (C=O) groups excluding carboxylic acids is 1. The van der Waals surface area contributed by atoms with E-state index in [0.29, 0.717) is 11.6 Å². The molecule has 0 aliphatic heterocycles. The summed E-state index contributed by atoms with van der Waals surface area (Å²) in [7, 11) is 0. The van der Waals surface area contributed by atoms with Gasteiger partial charge in [0.1, 0.15) is 6.26 Å². The van der Waals surface area contributed by atoms with Crippen molar-refractivity contribution in [2.24, 2.45) is 0 Å². The first kappa shape index (κ1) is 10.6. The molecule has 0 aliphatic carbocycles. The number of carbonyl (C=O) groups is 1. The lowest BCUT2D eigenvalue weighted by atomic mass is 10.2. The average Bonchev–Trinajstić information content (AvgIpc) is 2.70. The van der Waals surface area contributed by atoms with Crippen molar-refractivity contribution in [2.75, 3.05) is 0 Å². The maximum atomic E-state index is 11.4. The Morgan fingerprint density at radius 2 is 2.50 bits per heavy atom. The zero-order chi connectivity index (χ0) is 10.4. The molecule has 14 heavy (non-hydrogen) atoms. The maximum Gasteiger partial charge on any atom is 0.190 e. The standard InChI is InChI=1S/C11H15NO2/c1-3-9(2)12-6-4-11(13)10-5-7-14-8-10/h4-9,12H,3H2,1-2H3/b6-4+. The smallest absolute Gasteiger partial charge is 0.190 e. The molecule has 1 rings (SSSR count). The van der Waals surface area contributed by atoms with E-state index < -0.39 is 0 Å². The van der Waals surface area contributed by atoms with E-state index in [9.17, 15) is 4.79 Å². The fourth-order valence-corrected chi connectivity index (χ4v) is 0.907. The molecule has 0 fully saturated rings. The molecular formula is C11H15NO2. The zero-order valence-corrected chi connectivity index (χ0v) is 8.49. The van der Waals surface area contributed by atoms with Crippen molar-refractivity contribution in [2.45, 2.75) is 26.3 Å². The Kier molecular flexibility index (Phi) is 3.98. The molecule has 0 radical (unpaired) electrons. The highest BCUT2D eigenvalue weighted by Crippen LogP contribution is 2.01. The molecule has 76 valence electrons. The predicted octanol–water partition coefficient (Wildman–Crippen LogP) is 2.36. The van der Waals surface area contributed by atoms with Crippen molar-refractivity contribution in [3.05, 3.63) is 36.4 Å². The molecule has 3 heteroatoms. The van der Waals surface area contributed by atoms with E-state index >= 15 is 0 Å². The summed E-state index contributed by atoms with van der Waals surface area (Å²) in [6.45, 7) is 4.15. The molecule has 3 nitrogen and oxygen atoms in total. The lowest BCUT2D eigenvalue weighted by Crippen LogP contribution is -2.19. The number of furan rings is 1. The Labute approximate surface area is 83.8 Å². The van der Waals surface area contributed by atoms with E-state index in [1.54, 1.807) is 12.3 Å². The number of ketones is 1. The molecular weight excluding hydrogens is 178 g/mol. The normalized spacial score (nSPS) is 13.0. The number of hydrogen-bond donors (Lipinski definition) is 1. The van der Waals surface area contributed by atoms with Crippen LogP contribution in [0, 0.1) is 0 Å². The van der Waals surface area contributed by atoms with Gasteiger partial charge in [-0.3, -0.25) is 4.79 Å². The lowest BCUT2D eigenvalue weighted by Gasteiger charge is -2.06. The summed E-state index contributed by atoms with van der Waals surface area (Å²) >= 11 is 0. The molecule has 0 spiro atoms. The van der Waals surface area contributed by atoms with Crippen molar-refractivity contribution in [3.8, 4) is 0 Å². The topological polar surface area (TPSA) is 42.2 Å². The summed E-state index contributed by atoms with van der Waals surface area (Å²) in [5.74, 6) is -0.0467. The number of rotatable bonds is 5. The van der Waals surface area contributed by atoms with Gasteiger partial charge < -0.3 is 9.73 Å². The van der Waals surface area contributed by atoms with E-state index in [1.807, 2.05) is 0 Å². The molecule has 0 bridgehead atoms. The fraction of sp³-hybridized carbons (Fsp3) is 0.364. The summed E-state index contributed by atoms with van der Waals surface area (Å²) < 4.78 is 4.81. The third-order valence-electron chi connectivity index (χ3n) is 2.03. The third kappa shape index (κ3) is 3.09. The molecule has 1 aromatic heterocycles. The number of allylic oxidation sites excluding steroid dienone is 1. The van der Waals surface area contributed by atoms with Crippen molar-refractivity contribution < 1.29 is 9.21 Å². The lowest BCUT2D eigenvalue weighted by molar-refractivity contribution is 0.104. The minimum Gasteiger partial charge on any atom is -0.472 e. The largest absolute Gasteiger partial charge is 0.472 e. The molecule has 0 saturated carbocycles. The molecule has 0 aromatic carbocycles. The second-order valence-corrected chi connectivity index (χ2v) is 3.19. The second-order valence-electron chi connectivity index (χ2n) is 3.19. The molecule has 1 aromatic rings. The number of hydrogen-bond acceptors (Lipinski definition) is 3. The van der Waals surface area contributed by atoms with Crippen LogP contribution in [0.4, 0.5) is 0 Å². The van der Waals surface area contributed by atoms with Crippen LogP contribution in [0.5, 0.6) is 0 Å². The Morgan fingerprint density at radius 1 is 1.71 bits per heavy atom. The highest BCUT2D eigenvalue weighted by Gasteiger charge is 2.01. The Bertz CT molecular complexity index is 301. The van der Waals surface area contributed by atoms with Crippen molar-refractivity contribution >= 4 is 5.78 Å². The molecule has 0 aliphatic rings. The highest BCUT2D eigenvalue weighted by atomic mass is 16.3. The maximum absolute atomic E-state index is 11.4. The van der Waals surface area contributed by atoms with Gasteiger partial charge >= 0.3 is 0 Å². The van der Waals surface area contributed by atoms with Crippen LogP contribution in [-0.2, 0) is 0 Å². The third-order valence-corrected chi connectivity index (χ3v) is 2.03.